The molecular weight excluding hydrogens is 327 g/mol. The van der Waals surface area contributed by atoms with E-state index in [1.165, 1.54) is 18.2 Å². The summed E-state index contributed by atoms with van der Waals surface area (Å²) in [5, 5.41) is 20.9. The molecular formula is C16H18F3NO4. The van der Waals surface area contributed by atoms with Gasteiger partial charge >= 0.3 is 12.1 Å². The summed E-state index contributed by atoms with van der Waals surface area (Å²) in [6.07, 6.45) is -5.85. The zero-order chi connectivity index (χ0) is 17.9. The minimum atomic E-state index is -4.85. The van der Waals surface area contributed by atoms with Gasteiger partial charge in [0.25, 0.3) is 0 Å². The summed E-state index contributed by atoms with van der Waals surface area (Å²) in [7, 11) is 0. The number of alkyl halides is 3. The van der Waals surface area contributed by atoms with E-state index in [2.05, 4.69) is 5.32 Å². The van der Waals surface area contributed by atoms with Gasteiger partial charge in [-0.1, -0.05) is 24.6 Å². The first kappa shape index (κ1) is 18.3. The molecule has 3 atom stereocenters. The predicted octanol–water partition coefficient (Wildman–Crippen LogP) is 3.11. The Hall–Kier alpha value is -2.09. The fourth-order valence-corrected chi connectivity index (χ4v) is 2.91. The van der Waals surface area contributed by atoms with Crippen molar-refractivity contribution >= 4 is 17.6 Å². The van der Waals surface area contributed by atoms with E-state index in [9.17, 15) is 27.9 Å². The quantitative estimate of drug-likeness (QED) is 0.783. The average molecular weight is 345 g/mol. The SMILES string of the molecule is O=C(O)[C@H]1CCC[C@@H](C(=O)Nc2ccccc2C(O)C(F)(F)F)C1. The van der Waals surface area contributed by atoms with Crippen molar-refractivity contribution in [2.24, 2.45) is 11.8 Å². The van der Waals surface area contributed by atoms with Crippen LogP contribution in [0.3, 0.4) is 0 Å². The van der Waals surface area contributed by atoms with Gasteiger partial charge in [-0.15, -0.1) is 0 Å². The van der Waals surface area contributed by atoms with Gasteiger partial charge in [0.2, 0.25) is 5.91 Å². The Labute approximate surface area is 136 Å². The van der Waals surface area contributed by atoms with E-state index in [0.717, 1.165) is 6.07 Å². The van der Waals surface area contributed by atoms with Gasteiger partial charge in [-0.3, -0.25) is 9.59 Å². The summed E-state index contributed by atoms with van der Waals surface area (Å²) in [6.45, 7) is 0. The lowest BCUT2D eigenvalue weighted by Crippen LogP contribution is -2.31. The number of benzene rings is 1. The maximum absolute atomic E-state index is 12.7. The summed E-state index contributed by atoms with van der Waals surface area (Å²) < 4.78 is 38.2. The Morgan fingerprint density at radius 3 is 2.42 bits per heavy atom. The molecule has 0 radical (unpaired) electrons. The zero-order valence-corrected chi connectivity index (χ0v) is 12.7. The number of carbonyl (C=O) groups is 2. The third-order valence-electron chi connectivity index (χ3n) is 4.22. The molecule has 2 rings (SSSR count). The zero-order valence-electron chi connectivity index (χ0n) is 12.7. The predicted molar refractivity (Wildman–Crippen MR) is 79.2 cm³/mol. The number of halogens is 3. The fraction of sp³-hybridized carbons (Fsp3) is 0.500. The van der Waals surface area contributed by atoms with Crippen LogP contribution >= 0.6 is 0 Å². The number of para-hydroxylation sites is 1. The third-order valence-corrected chi connectivity index (χ3v) is 4.22. The second kappa shape index (κ2) is 7.21. The first-order chi connectivity index (χ1) is 11.2. The van der Waals surface area contributed by atoms with Crippen molar-refractivity contribution in [3.05, 3.63) is 29.8 Å². The standard InChI is InChI=1S/C16H18F3NO4/c17-16(18,19)13(21)11-6-1-2-7-12(11)20-14(22)9-4-3-5-10(8-9)15(23)24/h1-2,6-7,9-10,13,21H,3-5,8H2,(H,20,22)(H,23,24)/t9-,10+,13?/m1/s1. The second-order valence-electron chi connectivity index (χ2n) is 5.92. The lowest BCUT2D eigenvalue weighted by molar-refractivity contribution is -0.206. The third kappa shape index (κ3) is 4.25. The lowest BCUT2D eigenvalue weighted by atomic mass is 9.81. The van der Waals surface area contributed by atoms with Crippen LogP contribution < -0.4 is 5.32 Å². The Kier molecular flexibility index (Phi) is 5.48. The Balaban J connectivity index is 2.13. The Bertz CT molecular complexity index is 618. The molecule has 0 spiro atoms. The molecule has 0 aromatic heterocycles. The van der Waals surface area contributed by atoms with Gasteiger partial charge in [-0.05, 0) is 25.3 Å². The van der Waals surface area contributed by atoms with Crippen molar-refractivity contribution in [1.29, 1.82) is 0 Å². The van der Waals surface area contributed by atoms with Gasteiger partial charge in [0.05, 0.1) is 5.92 Å². The maximum atomic E-state index is 12.7. The van der Waals surface area contributed by atoms with Crippen LogP contribution in [0, 0.1) is 11.8 Å². The van der Waals surface area contributed by atoms with Crippen LogP contribution in [-0.4, -0.2) is 28.3 Å². The highest BCUT2D eigenvalue weighted by molar-refractivity contribution is 5.93. The number of carboxylic acids is 1. The van der Waals surface area contributed by atoms with Crippen molar-refractivity contribution in [1.82, 2.24) is 0 Å². The summed E-state index contributed by atoms with van der Waals surface area (Å²) >= 11 is 0. The molecule has 1 aliphatic carbocycles. The van der Waals surface area contributed by atoms with Crippen LogP contribution in [0.1, 0.15) is 37.4 Å². The number of aliphatic hydroxyl groups excluding tert-OH is 1. The van der Waals surface area contributed by atoms with Gasteiger partial charge in [-0.2, -0.15) is 13.2 Å². The first-order valence-corrected chi connectivity index (χ1v) is 7.57. The highest BCUT2D eigenvalue weighted by Crippen LogP contribution is 2.36. The minimum absolute atomic E-state index is 0.121. The molecule has 0 heterocycles. The molecule has 1 aromatic rings. The molecule has 24 heavy (non-hydrogen) atoms. The topological polar surface area (TPSA) is 86.6 Å². The molecule has 8 heteroatoms. The summed E-state index contributed by atoms with van der Waals surface area (Å²) in [5.74, 6) is -2.69. The van der Waals surface area contributed by atoms with Crippen molar-refractivity contribution in [2.45, 2.75) is 38.0 Å². The monoisotopic (exact) mass is 345 g/mol. The van der Waals surface area contributed by atoms with Gasteiger partial charge in [0, 0.05) is 17.2 Å². The number of aliphatic carboxylic acids is 1. The van der Waals surface area contributed by atoms with Crippen molar-refractivity contribution in [3.8, 4) is 0 Å². The van der Waals surface area contributed by atoms with Crippen LogP contribution in [0.5, 0.6) is 0 Å². The van der Waals surface area contributed by atoms with Gasteiger partial charge in [-0.25, -0.2) is 0 Å². The van der Waals surface area contributed by atoms with E-state index < -0.39 is 41.6 Å². The molecule has 1 aromatic carbocycles. The number of amides is 1. The van der Waals surface area contributed by atoms with E-state index >= 15 is 0 Å². The van der Waals surface area contributed by atoms with Crippen molar-refractivity contribution < 1.29 is 33.0 Å². The van der Waals surface area contributed by atoms with Gasteiger partial charge < -0.3 is 15.5 Å². The molecule has 3 N–H and O–H groups in total. The number of nitrogens with one attached hydrogen (secondary N) is 1. The van der Waals surface area contributed by atoms with Crippen molar-refractivity contribution in [3.63, 3.8) is 0 Å². The number of carboxylic acid groups (broad SMARTS) is 1. The molecule has 5 nitrogen and oxygen atoms in total. The number of hydrogen-bond donors (Lipinski definition) is 3. The smallest absolute Gasteiger partial charge is 0.418 e. The van der Waals surface area contributed by atoms with E-state index in [1.54, 1.807) is 0 Å². The molecule has 0 saturated heterocycles. The maximum Gasteiger partial charge on any atom is 0.418 e. The average Bonchev–Trinajstić information content (AvgIpc) is 2.54. The van der Waals surface area contributed by atoms with E-state index in [1.807, 2.05) is 0 Å². The highest BCUT2D eigenvalue weighted by Gasteiger charge is 2.41. The van der Waals surface area contributed by atoms with Gasteiger partial charge in [0.1, 0.15) is 0 Å². The van der Waals surface area contributed by atoms with E-state index in [0.29, 0.717) is 19.3 Å². The van der Waals surface area contributed by atoms with Crippen LogP contribution in [0.25, 0.3) is 0 Å². The minimum Gasteiger partial charge on any atom is -0.481 e. The summed E-state index contributed by atoms with van der Waals surface area (Å²) in [6, 6.07) is 5.15. The van der Waals surface area contributed by atoms with Crippen molar-refractivity contribution in [2.75, 3.05) is 5.32 Å². The largest absolute Gasteiger partial charge is 0.481 e. The number of hydrogen-bond acceptors (Lipinski definition) is 3. The second-order valence-corrected chi connectivity index (χ2v) is 5.92. The Morgan fingerprint density at radius 1 is 1.17 bits per heavy atom. The summed E-state index contributed by atoms with van der Waals surface area (Å²) in [4.78, 5) is 23.3. The normalized spacial score (nSPS) is 22.7. The van der Waals surface area contributed by atoms with Crippen LogP contribution in [0.4, 0.5) is 18.9 Å². The van der Waals surface area contributed by atoms with E-state index in [4.69, 9.17) is 5.11 Å². The number of anilines is 1. The molecule has 0 bridgehead atoms. The Morgan fingerprint density at radius 2 is 1.79 bits per heavy atom. The molecule has 1 unspecified atom stereocenters. The number of rotatable bonds is 4. The van der Waals surface area contributed by atoms with Gasteiger partial charge in [0.15, 0.2) is 6.10 Å². The van der Waals surface area contributed by atoms with Crippen LogP contribution in [-0.2, 0) is 9.59 Å². The number of aliphatic hydroxyl groups is 1. The molecule has 1 amide bonds. The van der Waals surface area contributed by atoms with E-state index in [-0.39, 0.29) is 12.1 Å². The summed E-state index contributed by atoms with van der Waals surface area (Å²) in [5.41, 5.74) is -0.561. The fourth-order valence-electron chi connectivity index (χ4n) is 2.91. The molecule has 0 aliphatic heterocycles. The molecule has 1 aliphatic rings. The molecule has 1 saturated carbocycles. The molecule has 1 fully saturated rings. The number of carbonyl (C=O) groups excluding carboxylic acids is 1. The lowest BCUT2D eigenvalue weighted by Gasteiger charge is -2.26. The molecule has 132 valence electrons. The first-order valence-electron chi connectivity index (χ1n) is 7.57. The van der Waals surface area contributed by atoms with Crippen LogP contribution in [0.2, 0.25) is 0 Å². The highest BCUT2D eigenvalue weighted by atomic mass is 19.4. The van der Waals surface area contributed by atoms with Crippen LogP contribution in [0.15, 0.2) is 24.3 Å².